The first-order chi connectivity index (χ1) is 11.5. The van der Waals surface area contributed by atoms with Crippen molar-refractivity contribution in [2.24, 2.45) is 23.7 Å². The molecule has 0 radical (unpaired) electrons. The lowest BCUT2D eigenvalue weighted by Crippen LogP contribution is -2.46. The number of fused-ring (bicyclic) bond motifs is 7. The van der Waals surface area contributed by atoms with Crippen LogP contribution in [0.1, 0.15) is 67.8 Å². The molecule has 130 valence electrons. The molecule has 1 aromatic carbocycles. The summed E-state index contributed by atoms with van der Waals surface area (Å²) in [5, 5.41) is 15.8. The molecule has 0 saturated heterocycles. The Morgan fingerprint density at radius 1 is 1.29 bits per heavy atom. The van der Waals surface area contributed by atoms with Crippen LogP contribution in [0, 0.1) is 23.7 Å². The fourth-order valence-electron chi connectivity index (χ4n) is 6.02. The molecule has 1 heterocycles. The van der Waals surface area contributed by atoms with Gasteiger partial charge in [-0.2, -0.15) is 0 Å². The third-order valence-corrected chi connectivity index (χ3v) is 7.19. The first kappa shape index (κ1) is 16.3. The largest absolute Gasteiger partial charge is 0.545 e. The van der Waals surface area contributed by atoms with E-state index in [-0.39, 0.29) is 5.56 Å². The maximum atomic E-state index is 11.7. The number of hydrogen-bond donors (Lipinski definition) is 1. The molecule has 3 nitrogen and oxygen atoms in total. The summed E-state index contributed by atoms with van der Waals surface area (Å²) in [6, 6.07) is 3.91. The second kappa shape index (κ2) is 5.94. The molecule has 2 bridgehead atoms. The van der Waals surface area contributed by atoms with Crippen molar-refractivity contribution in [2.75, 3.05) is 5.32 Å². The molecular weight excluding hydrogens is 322 g/mol. The van der Waals surface area contributed by atoms with Crippen LogP contribution in [-0.2, 0) is 0 Å². The molecule has 5 atom stereocenters. The average Bonchev–Trinajstić information content (AvgIpc) is 3.17. The van der Waals surface area contributed by atoms with E-state index < -0.39 is 5.97 Å². The van der Waals surface area contributed by atoms with Gasteiger partial charge in [0.2, 0.25) is 0 Å². The van der Waals surface area contributed by atoms with Crippen molar-refractivity contribution in [2.45, 2.75) is 57.9 Å². The molecule has 2 aliphatic carbocycles. The van der Waals surface area contributed by atoms with Crippen LogP contribution in [0.3, 0.4) is 0 Å². The molecule has 1 N–H and O–H groups in total. The SMILES string of the molecule is CCC(CC)[C@@H]1Nc2c(C(=O)[O-])cc(Cl)cc2[C@H]2[C@H]3CC[C@H](C3)[C@H]21. The highest BCUT2D eigenvalue weighted by atomic mass is 35.5. The van der Waals surface area contributed by atoms with Gasteiger partial charge in [-0.15, -0.1) is 0 Å². The molecule has 2 saturated carbocycles. The Morgan fingerprint density at radius 2 is 2.00 bits per heavy atom. The molecule has 0 unspecified atom stereocenters. The zero-order chi connectivity index (χ0) is 17.0. The summed E-state index contributed by atoms with van der Waals surface area (Å²) >= 11 is 6.25. The number of rotatable bonds is 4. The predicted octanol–water partition coefficient (Wildman–Crippen LogP) is 4.06. The highest BCUT2D eigenvalue weighted by Gasteiger charge is 2.54. The van der Waals surface area contributed by atoms with E-state index in [1.807, 2.05) is 6.07 Å². The normalized spacial score (nSPS) is 33.2. The van der Waals surface area contributed by atoms with Crippen molar-refractivity contribution in [3.05, 3.63) is 28.3 Å². The molecule has 24 heavy (non-hydrogen) atoms. The Balaban J connectivity index is 1.86. The van der Waals surface area contributed by atoms with Gasteiger partial charge in [-0.25, -0.2) is 0 Å². The highest BCUT2D eigenvalue weighted by Crippen LogP contribution is 2.62. The van der Waals surface area contributed by atoms with Gasteiger partial charge in [0.1, 0.15) is 0 Å². The number of halogens is 1. The lowest BCUT2D eigenvalue weighted by atomic mass is 9.65. The smallest absolute Gasteiger partial charge is 0.0736 e. The number of hydrogen-bond acceptors (Lipinski definition) is 3. The molecular formula is C20H25ClNO2-. The van der Waals surface area contributed by atoms with Gasteiger partial charge in [0.15, 0.2) is 0 Å². The summed E-state index contributed by atoms with van der Waals surface area (Å²) in [7, 11) is 0. The van der Waals surface area contributed by atoms with Crippen molar-refractivity contribution in [1.82, 2.24) is 0 Å². The van der Waals surface area contributed by atoms with E-state index in [1.54, 1.807) is 6.07 Å². The summed E-state index contributed by atoms with van der Waals surface area (Å²) in [5.41, 5.74) is 2.14. The van der Waals surface area contributed by atoms with Crippen LogP contribution in [0.4, 0.5) is 5.69 Å². The van der Waals surface area contributed by atoms with E-state index in [0.29, 0.717) is 34.7 Å². The Hall–Kier alpha value is -1.22. The molecule has 4 heteroatoms. The van der Waals surface area contributed by atoms with Crippen LogP contribution in [0.15, 0.2) is 12.1 Å². The van der Waals surface area contributed by atoms with Crippen LogP contribution in [0.2, 0.25) is 5.02 Å². The van der Waals surface area contributed by atoms with E-state index in [2.05, 4.69) is 19.2 Å². The zero-order valence-electron chi connectivity index (χ0n) is 14.3. The summed E-state index contributed by atoms with van der Waals surface area (Å²) in [4.78, 5) is 11.7. The summed E-state index contributed by atoms with van der Waals surface area (Å²) < 4.78 is 0. The van der Waals surface area contributed by atoms with Gasteiger partial charge in [0.25, 0.3) is 0 Å². The van der Waals surface area contributed by atoms with Crippen LogP contribution in [0.5, 0.6) is 0 Å². The number of carboxylic acid groups (broad SMARTS) is 1. The Bertz CT molecular complexity index is 670. The van der Waals surface area contributed by atoms with E-state index in [4.69, 9.17) is 11.6 Å². The predicted molar refractivity (Wildman–Crippen MR) is 94.3 cm³/mol. The number of anilines is 1. The van der Waals surface area contributed by atoms with Gasteiger partial charge in [0.05, 0.1) is 5.97 Å². The average molecular weight is 347 g/mol. The summed E-state index contributed by atoms with van der Waals surface area (Å²) in [6.45, 7) is 4.49. The zero-order valence-corrected chi connectivity index (χ0v) is 15.1. The van der Waals surface area contributed by atoms with Crippen molar-refractivity contribution in [3.8, 4) is 0 Å². The number of carbonyl (C=O) groups excluding carboxylic acids is 1. The minimum Gasteiger partial charge on any atom is -0.545 e. The minimum absolute atomic E-state index is 0.231. The second-order valence-electron chi connectivity index (χ2n) is 7.89. The van der Waals surface area contributed by atoms with E-state index >= 15 is 0 Å². The van der Waals surface area contributed by atoms with Crippen molar-refractivity contribution in [1.29, 1.82) is 0 Å². The summed E-state index contributed by atoms with van der Waals surface area (Å²) in [6.07, 6.45) is 6.14. The van der Waals surface area contributed by atoms with Gasteiger partial charge in [0, 0.05) is 22.3 Å². The maximum Gasteiger partial charge on any atom is 0.0736 e. The number of nitrogens with one attached hydrogen (secondary N) is 1. The minimum atomic E-state index is -1.13. The lowest BCUT2D eigenvalue weighted by Gasteiger charge is -2.47. The fraction of sp³-hybridized carbons (Fsp3) is 0.650. The fourth-order valence-corrected chi connectivity index (χ4v) is 6.24. The van der Waals surface area contributed by atoms with Crippen molar-refractivity contribution in [3.63, 3.8) is 0 Å². The maximum absolute atomic E-state index is 11.7. The molecule has 3 aliphatic rings. The molecule has 2 fully saturated rings. The Labute approximate surface area is 148 Å². The second-order valence-corrected chi connectivity index (χ2v) is 8.32. The molecule has 0 aromatic heterocycles. The quantitative estimate of drug-likeness (QED) is 0.894. The molecule has 1 aliphatic heterocycles. The topological polar surface area (TPSA) is 52.2 Å². The monoisotopic (exact) mass is 346 g/mol. The first-order valence-electron chi connectivity index (χ1n) is 9.36. The first-order valence-corrected chi connectivity index (χ1v) is 9.74. The molecule has 4 rings (SSSR count). The molecule has 0 amide bonds. The van der Waals surface area contributed by atoms with Crippen molar-refractivity contribution >= 4 is 23.3 Å². The third-order valence-electron chi connectivity index (χ3n) is 6.98. The van der Waals surface area contributed by atoms with Crippen LogP contribution < -0.4 is 10.4 Å². The van der Waals surface area contributed by atoms with Crippen LogP contribution >= 0.6 is 11.6 Å². The van der Waals surface area contributed by atoms with Gasteiger partial charge >= 0.3 is 0 Å². The number of aromatic carboxylic acids is 1. The Morgan fingerprint density at radius 3 is 2.67 bits per heavy atom. The third kappa shape index (κ3) is 2.28. The van der Waals surface area contributed by atoms with Crippen LogP contribution in [-0.4, -0.2) is 12.0 Å². The van der Waals surface area contributed by atoms with Gasteiger partial charge in [-0.3, -0.25) is 0 Å². The van der Waals surface area contributed by atoms with Crippen molar-refractivity contribution < 1.29 is 9.90 Å². The highest BCUT2D eigenvalue weighted by molar-refractivity contribution is 6.31. The lowest BCUT2D eigenvalue weighted by molar-refractivity contribution is -0.254. The summed E-state index contributed by atoms with van der Waals surface area (Å²) in [5.74, 6) is 1.99. The van der Waals surface area contributed by atoms with E-state index in [0.717, 1.165) is 30.0 Å². The standard InChI is InChI=1S/C20H26ClNO2/c1-3-10(4-2)18-17-12-6-5-11(7-12)16(17)14-8-13(21)9-15(20(23)24)19(14)22-18/h8-12,16-18,22H,3-7H2,1-2H3,(H,23,24)/p-1/t11-,12+,16+,17+,18-/m0/s1. The number of carboxylic acids is 1. The van der Waals surface area contributed by atoms with Gasteiger partial charge in [-0.1, -0.05) is 38.3 Å². The van der Waals surface area contributed by atoms with E-state index in [1.165, 1.54) is 19.3 Å². The number of benzene rings is 1. The molecule has 0 spiro atoms. The van der Waals surface area contributed by atoms with E-state index in [9.17, 15) is 9.90 Å². The van der Waals surface area contributed by atoms with Gasteiger partial charge in [-0.05, 0) is 66.5 Å². The van der Waals surface area contributed by atoms with Crippen LogP contribution in [0.25, 0.3) is 0 Å². The molecule has 1 aromatic rings. The van der Waals surface area contributed by atoms with Gasteiger partial charge < -0.3 is 15.2 Å². The Kier molecular flexibility index (Phi) is 4.03. The number of carbonyl (C=O) groups is 1.